The van der Waals surface area contributed by atoms with E-state index in [9.17, 15) is 4.79 Å². The van der Waals surface area contributed by atoms with Crippen LogP contribution in [0.4, 0.5) is 0 Å². The Morgan fingerprint density at radius 1 is 1.39 bits per heavy atom. The van der Waals surface area contributed by atoms with E-state index in [2.05, 4.69) is 17.6 Å². The van der Waals surface area contributed by atoms with Gasteiger partial charge in [0.05, 0.1) is 25.2 Å². The molecule has 1 amide bonds. The van der Waals surface area contributed by atoms with Gasteiger partial charge in [0.2, 0.25) is 5.91 Å². The molecule has 2 aliphatic heterocycles. The van der Waals surface area contributed by atoms with Crippen LogP contribution in [0, 0.1) is 10.8 Å². The van der Waals surface area contributed by atoms with Crippen molar-refractivity contribution in [1.29, 1.82) is 0 Å². The molecule has 5 heteroatoms. The minimum absolute atomic E-state index is 0.122. The second-order valence-corrected chi connectivity index (χ2v) is 5.95. The number of carbonyl (C=O) groups is 1. The Bertz CT molecular complexity index is 291. The van der Waals surface area contributed by atoms with Gasteiger partial charge in [-0.15, -0.1) is 0 Å². The SMILES string of the molecule is COCC1(C(=O)NCC2(C)COC2)CCNCC1. The molecule has 2 fully saturated rings. The highest BCUT2D eigenvalue weighted by Crippen LogP contribution is 2.31. The number of nitrogens with one attached hydrogen (secondary N) is 2. The average Bonchev–Trinajstić information content (AvgIpc) is 2.35. The molecule has 2 heterocycles. The summed E-state index contributed by atoms with van der Waals surface area (Å²) in [6, 6.07) is 0. The molecule has 104 valence electrons. The molecule has 0 aromatic carbocycles. The predicted molar refractivity (Wildman–Crippen MR) is 68.3 cm³/mol. The second-order valence-electron chi connectivity index (χ2n) is 5.95. The van der Waals surface area contributed by atoms with Crippen molar-refractivity contribution in [2.75, 3.05) is 46.6 Å². The summed E-state index contributed by atoms with van der Waals surface area (Å²) >= 11 is 0. The van der Waals surface area contributed by atoms with Gasteiger partial charge in [-0.3, -0.25) is 4.79 Å². The number of rotatable bonds is 5. The Hall–Kier alpha value is -0.650. The predicted octanol–water partition coefficient (Wildman–Crippen LogP) is 0.155. The minimum atomic E-state index is -0.346. The molecule has 0 aliphatic carbocycles. The van der Waals surface area contributed by atoms with Crippen LogP contribution in [0.2, 0.25) is 0 Å². The van der Waals surface area contributed by atoms with Crippen molar-refractivity contribution in [2.24, 2.45) is 10.8 Å². The molecule has 0 aromatic rings. The van der Waals surface area contributed by atoms with Crippen LogP contribution in [-0.4, -0.2) is 52.5 Å². The van der Waals surface area contributed by atoms with E-state index in [1.807, 2.05) is 0 Å². The fourth-order valence-electron chi connectivity index (χ4n) is 2.65. The third kappa shape index (κ3) is 2.84. The molecule has 18 heavy (non-hydrogen) atoms. The number of hydrogen-bond acceptors (Lipinski definition) is 4. The van der Waals surface area contributed by atoms with Crippen molar-refractivity contribution >= 4 is 5.91 Å². The third-order valence-corrected chi connectivity index (χ3v) is 4.04. The number of ether oxygens (including phenoxy) is 2. The summed E-state index contributed by atoms with van der Waals surface area (Å²) in [6.07, 6.45) is 1.69. The van der Waals surface area contributed by atoms with E-state index in [0.29, 0.717) is 13.2 Å². The lowest BCUT2D eigenvalue weighted by molar-refractivity contribution is -0.140. The van der Waals surface area contributed by atoms with E-state index in [1.165, 1.54) is 0 Å². The van der Waals surface area contributed by atoms with Crippen molar-refractivity contribution in [3.63, 3.8) is 0 Å². The van der Waals surface area contributed by atoms with E-state index in [4.69, 9.17) is 9.47 Å². The molecule has 5 nitrogen and oxygen atoms in total. The number of methoxy groups -OCH3 is 1. The molecule has 0 radical (unpaired) electrons. The Morgan fingerprint density at radius 2 is 2.06 bits per heavy atom. The number of amides is 1. The molecule has 0 saturated carbocycles. The van der Waals surface area contributed by atoms with Gasteiger partial charge < -0.3 is 20.1 Å². The van der Waals surface area contributed by atoms with Gasteiger partial charge in [-0.25, -0.2) is 0 Å². The topological polar surface area (TPSA) is 59.6 Å². The zero-order chi connectivity index (χ0) is 13.1. The maximum Gasteiger partial charge on any atom is 0.228 e. The van der Waals surface area contributed by atoms with E-state index in [1.54, 1.807) is 7.11 Å². The summed E-state index contributed by atoms with van der Waals surface area (Å²) < 4.78 is 10.5. The minimum Gasteiger partial charge on any atom is -0.384 e. The summed E-state index contributed by atoms with van der Waals surface area (Å²) in [6.45, 7) is 6.60. The summed E-state index contributed by atoms with van der Waals surface area (Å²) in [4.78, 5) is 12.4. The normalized spacial score (nSPS) is 25.2. The highest BCUT2D eigenvalue weighted by Gasteiger charge is 2.41. The van der Waals surface area contributed by atoms with Gasteiger partial charge >= 0.3 is 0 Å². The van der Waals surface area contributed by atoms with Crippen LogP contribution in [0.3, 0.4) is 0 Å². The first kappa shape index (κ1) is 13.8. The van der Waals surface area contributed by atoms with Crippen molar-refractivity contribution in [2.45, 2.75) is 19.8 Å². The van der Waals surface area contributed by atoms with Gasteiger partial charge in [-0.05, 0) is 25.9 Å². The molecule has 2 aliphatic rings. The molecule has 0 bridgehead atoms. The van der Waals surface area contributed by atoms with E-state index in [-0.39, 0.29) is 16.7 Å². The summed E-state index contributed by atoms with van der Waals surface area (Å²) in [5.74, 6) is 0.138. The Kier molecular flexibility index (Phi) is 4.25. The molecular formula is C13H24N2O3. The molecule has 2 N–H and O–H groups in total. The lowest BCUT2D eigenvalue weighted by atomic mass is 9.78. The second kappa shape index (κ2) is 5.55. The summed E-state index contributed by atoms with van der Waals surface area (Å²) in [7, 11) is 1.66. The molecule has 0 unspecified atom stereocenters. The Labute approximate surface area is 109 Å². The molecular weight excluding hydrogens is 232 g/mol. The van der Waals surface area contributed by atoms with Gasteiger partial charge in [0.25, 0.3) is 0 Å². The first-order chi connectivity index (χ1) is 8.60. The molecule has 0 aromatic heterocycles. The largest absolute Gasteiger partial charge is 0.384 e. The zero-order valence-corrected chi connectivity index (χ0v) is 11.4. The number of carbonyl (C=O) groups excluding carboxylic acids is 1. The van der Waals surface area contributed by atoms with Gasteiger partial charge in [-0.2, -0.15) is 0 Å². The number of piperidine rings is 1. The molecule has 2 saturated heterocycles. The van der Waals surface area contributed by atoms with Gasteiger partial charge in [0.15, 0.2) is 0 Å². The lowest BCUT2D eigenvalue weighted by Gasteiger charge is -2.40. The van der Waals surface area contributed by atoms with Crippen molar-refractivity contribution < 1.29 is 14.3 Å². The van der Waals surface area contributed by atoms with E-state index >= 15 is 0 Å². The quantitative estimate of drug-likeness (QED) is 0.735. The maximum atomic E-state index is 12.4. The highest BCUT2D eigenvalue weighted by atomic mass is 16.5. The first-order valence-electron chi connectivity index (χ1n) is 6.66. The Balaban J connectivity index is 1.90. The van der Waals surface area contributed by atoms with Crippen LogP contribution in [0.5, 0.6) is 0 Å². The zero-order valence-electron chi connectivity index (χ0n) is 11.4. The third-order valence-electron chi connectivity index (χ3n) is 4.04. The van der Waals surface area contributed by atoms with Gasteiger partial charge in [-0.1, -0.05) is 6.92 Å². The fourth-order valence-corrected chi connectivity index (χ4v) is 2.65. The van der Waals surface area contributed by atoms with Crippen LogP contribution >= 0.6 is 0 Å². The lowest BCUT2D eigenvalue weighted by Crippen LogP contribution is -2.54. The highest BCUT2D eigenvalue weighted by molar-refractivity contribution is 5.83. The summed E-state index contributed by atoms with van der Waals surface area (Å²) in [5, 5.41) is 6.39. The van der Waals surface area contributed by atoms with Crippen LogP contribution < -0.4 is 10.6 Å². The van der Waals surface area contributed by atoms with Crippen molar-refractivity contribution in [3.8, 4) is 0 Å². The standard InChI is InChI=1S/C13H24N2O3/c1-12(8-18-9-12)7-15-11(16)13(10-17-2)3-5-14-6-4-13/h14H,3-10H2,1-2H3,(H,15,16). The van der Waals surface area contributed by atoms with Crippen LogP contribution in [0.15, 0.2) is 0 Å². The molecule has 2 rings (SSSR count). The van der Waals surface area contributed by atoms with E-state index in [0.717, 1.165) is 39.1 Å². The van der Waals surface area contributed by atoms with Crippen LogP contribution in [-0.2, 0) is 14.3 Å². The fraction of sp³-hybridized carbons (Fsp3) is 0.923. The van der Waals surface area contributed by atoms with Crippen LogP contribution in [0.25, 0.3) is 0 Å². The summed E-state index contributed by atoms with van der Waals surface area (Å²) in [5.41, 5.74) is -0.224. The average molecular weight is 256 g/mol. The first-order valence-corrected chi connectivity index (χ1v) is 6.66. The number of hydrogen-bond donors (Lipinski definition) is 2. The molecule has 0 atom stereocenters. The van der Waals surface area contributed by atoms with Crippen LogP contribution in [0.1, 0.15) is 19.8 Å². The Morgan fingerprint density at radius 3 is 2.56 bits per heavy atom. The van der Waals surface area contributed by atoms with Crippen molar-refractivity contribution in [1.82, 2.24) is 10.6 Å². The monoisotopic (exact) mass is 256 g/mol. The van der Waals surface area contributed by atoms with E-state index < -0.39 is 0 Å². The maximum absolute atomic E-state index is 12.4. The van der Waals surface area contributed by atoms with Crippen molar-refractivity contribution in [3.05, 3.63) is 0 Å². The van der Waals surface area contributed by atoms with Gasteiger partial charge in [0, 0.05) is 19.1 Å². The van der Waals surface area contributed by atoms with Gasteiger partial charge in [0.1, 0.15) is 0 Å². The molecule has 0 spiro atoms. The smallest absolute Gasteiger partial charge is 0.228 e.